The molecule has 2 rings (SSSR count). The van der Waals surface area contributed by atoms with Gasteiger partial charge in [-0.1, -0.05) is 0 Å². The van der Waals surface area contributed by atoms with Gasteiger partial charge in [-0.2, -0.15) is 5.10 Å². The zero-order chi connectivity index (χ0) is 14.9. The lowest BCUT2D eigenvalue weighted by molar-refractivity contribution is 0.0696. The van der Waals surface area contributed by atoms with Crippen molar-refractivity contribution in [3.8, 4) is 22.8 Å². The molecule has 0 aliphatic rings. The molecule has 0 spiro atoms. The molecule has 0 atom stereocenters. The summed E-state index contributed by atoms with van der Waals surface area (Å²) in [5, 5.41) is 13.4. The number of rotatable bonds is 4. The van der Waals surface area contributed by atoms with Crippen molar-refractivity contribution >= 4 is 11.8 Å². The van der Waals surface area contributed by atoms with Crippen LogP contribution in [0.1, 0.15) is 10.4 Å². The van der Waals surface area contributed by atoms with Crippen LogP contribution in [0.5, 0.6) is 11.5 Å². The van der Waals surface area contributed by atoms with Gasteiger partial charge in [-0.15, -0.1) is 0 Å². The monoisotopic (exact) mass is 277 g/mol. The molecule has 1 heterocycles. The normalized spacial score (nSPS) is 10.3. The lowest BCUT2D eigenvalue weighted by atomic mass is 10.1. The highest BCUT2D eigenvalue weighted by Gasteiger charge is 2.19. The number of anilines is 1. The number of aromatic nitrogens is 2. The molecule has 0 fully saturated rings. The maximum Gasteiger partial charge on any atom is 0.335 e. The summed E-state index contributed by atoms with van der Waals surface area (Å²) in [6.07, 6.45) is 0. The molecule has 0 amide bonds. The Balaban J connectivity index is 2.71. The number of aromatic carboxylic acids is 1. The van der Waals surface area contributed by atoms with E-state index < -0.39 is 5.97 Å². The summed E-state index contributed by atoms with van der Waals surface area (Å²) in [5.41, 5.74) is 6.86. The fourth-order valence-corrected chi connectivity index (χ4v) is 1.89. The second-order valence-electron chi connectivity index (χ2n) is 4.14. The van der Waals surface area contributed by atoms with Crippen LogP contribution in [0.25, 0.3) is 11.3 Å². The van der Waals surface area contributed by atoms with Crippen molar-refractivity contribution < 1.29 is 19.4 Å². The molecule has 1 aromatic carbocycles. The number of aryl methyl sites for hydroxylation is 1. The standard InChI is InChI=1S/C13H15N3O4/c1-16-11(14)6-9(15-16)8-4-7(13(17)18)5-10(19-2)12(8)20-3/h4-6H,14H2,1-3H3,(H,17,18). The number of carbonyl (C=O) groups is 1. The molecule has 0 saturated heterocycles. The lowest BCUT2D eigenvalue weighted by Crippen LogP contribution is -2.01. The molecule has 0 unspecified atom stereocenters. The molecule has 0 saturated carbocycles. The van der Waals surface area contributed by atoms with E-state index in [9.17, 15) is 4.79 Å². The van der Waals surface area contributed by atoms with Crippen LogP contribution in [0.3, 0.4) is 0 Å². The molecule has 0 bridgehead atoms. The summed E-state index contributed by atoms with van der Waals surface area (Å²) >= 11 is 0. The van der Waals surface area contributed by atoms with Crippen molar-refractivity contribution in [2.75, 3.05) is 20.0 Å². The number of hydrogen-bond acceptors (Lipinski definition) is 5. The highest BCUT2D eigenvalue weighted by atomic mass is 16.5. The smallest absolute Gasteiger partial charge is 0.335 e. The third kappa shape index (κ3) is 2.25. The molecule has 1 aromatic heterocycles. The van der Waals surface area contributed by atoms with E-state index in [1.54, 1.807) is 13.1 Å². The SMILES string of the molecule is COc1cc(C(=O)O)cc(-c2cc(N)n(C)n2)c1OC. The van der Waals surface area contributed by atoms with E-state index in [1.165, 1.54) is 31.0 Å². The third-order valence-electron chi connectivity index (χ3n) is 2.92. The molecular weight excluding hydrogens is 262 g/mol. The van der Waals surface area contributed by atoms with Crippen LogP contribution < -0.4 is 15.2 Å². The topological polar surface area (TPSA) is 99.6 Å². The zero-order valence-electron chi connectivity index (χ0n) is 11.4. The first-order chi connectivity index (χ1) is 9.47. The van der Waals surface area contributed by atoms with Gasteiger partial charge in [0.1, 0.15) is 5.82 Å². The lowest BCUT2D eigenvalue weighted by Gasteiger charge is -2.12. The van der Waals surface area contributed by atoms with Crippen molar-refractivity contribution in [1.29, 1.82) is 0 Å². The maximum atomic E-state index is 11.2. The van der Waals surface area contributed by atoms with Crippen molar-refractivity contribution in [2.45, 2.75) is 0 Å². The summed E-state index contributed by atoms with van der Waals surface area (Å²) in [6.45, 7) is 0. The quantitative estimate of drug-likeness (QED) is 0.876. The van der Waals surface area contributed by atoms with Gasteiger partial charge in [-0.25, -0.2) is 4.79 Å². The Bertz CT molecular complexity index is 644. The van der Waals surface area contributed by atoms with Crippen LogP contribution in [-0.2, 0) is 7.05 Å². The summed E-state index contributed by atoms with van der Waals surface area (Å²) < 4.78 is 12.0. The molecule has 7 heteroatoms. The van der Waals surface area contributed by atoms with Gasteiger partial charge in [0, 0.05) is 18.7 Å². The molecule has 20 heavy (non-hydrogen) atoms. The Morgan fingerprint density at radius 2 is 2.00 bits per heavy atom. The minimum atomic E-state index is -1.06. The Hall–Kier alpha value is -2.70. The summed E-state index contributed by atoms with van der Waals surface area (Å²) in [6, 6.07) is 4.52. The van der Waals surface area contributed by atoms with Crippen molar-refractivity contribution in [2.24, 2.45) is 7.05 Å². The molecule has 7 nitrogen and oxygen atoms in total. The molecule has 106 valence electrons. The number of carboxylic acids is 1. The average Bonchev–Trinajstić information content (AvgIpc) is 2.76. The number of methoxy groups -OCH3 is 2. The maximum absolute atomic E-state index is 11.2. The number of benzene rings is 1. The van der Waals surface area contributed by atoms with Gasteiger partial charge >= 0.3 is 5.97 Å². The second-order valence-corrected chi connectivity index (χ2v) is 4.14. The first kappa shape index (κ1) is 13.7. The molecule has 0 aliphatic heterocycles. The van der Waals surface area contributed by atoms with Crippen LogP contribution >= 0.6 is 0 Å². The number of nitrogens with zero attached hydrogens (tertiary/aromatic N) is 2. The first-order valence-electron chi connectivity index (χ1n) is 5.77. The van der Waals surface area contributed by atoms with Gasteiger partial charge < -0.3 is 20.3 Å². The van der Waals surface area contributed by atoms with E-state index >= 15 is 0 Å². The minimum absolute atomic E-state index is 0.0851. The van der Waals surface area contributed by atoms with Gasteiger partial charge in [-0.3, -0.25) is 4.68 Å². The molecule has 0 aliphatic carbocycles. The minimum Gasteiger partial charge on any atom is -0.493 e. The van der Waals surface area contributed by atoms with Crippen molar-refractivity contribution in [3.63, 3.8) is 0 Å². The van der Waals surface area contributed by atoms with E-state index in [0.717, 1.165) is 0 Å². The van der Waals surface area contributed by atoms with Crippen LogP contribution in [0.2, 0.25) is 0 Å². The molecular formula is C13H15N3O4. The van der Waals surface area contributed by atoms with Crippen molar-refractivity contribution in [3.05, 3.63) is 23.8 Å². The van der Waals surface area contributed by atoms with E-state index in [4.69, 9.17) is 20.3 Å². The summed E-state index contributed by atoms with van der Waals surface area (Å²) in [4.78, 5) is 11.2. The van der Waals surface area contributed by atoms with E-state index in [-0.39, 0.29) is 5.56 Å². The van der Waals surface area contributed by atoms with Crippen LogP contribution in [0.15, 0.2) is 18.2 Å². The van der Waals surface area contributed by atoms with Gasteiger partial charge in [-0.05, 0) is 12.1 Å². The fraction of sp³-hybridized carbons (Fsp3) is 0.231. The highest BCUT2D eigenvalue weighted by molar-refractivity contribution is 5.91. The van der Waals surface area contributed by atoms with Crippen LogP contribution in [-0.4, -0.2) is 35.1 Å². The van der Waals surface area contributed by atoms with E-state index in [0.29, 0.717) is 28.6 Å². The van der Waals surface area contributed by atoms with Crippen molar-refractivity contribution in [1.82, 2.24) is 9.78 Å². The summed E-state index contributed by atoms with van der Waals surface area (Å²) in [7, 11) is 4.62. The number of ether oxygens (including phenoxy) is 2. The third-order valence-corrected chi connectivity index (χ3v) is 2.92. The van der Waals surface area contributed by atoms with Gasteiger partial charge in [0.2, 0.25) is 0 Å². The number of nitrogens with two attached hydrogens (primary N) is 1. The Morgan fingerprint density at radius 1 is 1.30 bits per heavy atom. The Labute approximate surface area is 115 Å². The molecule has 2 aromatic rings. The largest absolute Gasteiger partial charge is 0.493 e. The predicted molar refractivity (Wildman–Crippen MR) is 73.1 cm³/mol. The number of hydrogen-bond donors (Lipinski definition) is 2. The van der Waals surface area contributed by atoms with E-state index in [1.807, 2.05) is 0 Å². The Morgan fingerprint density at radius 3 is 2.45 bits per heavy atom. The van der Waals surface area contributed by atoms with Crippen LogP contribution in [0.4, 0.5) is 5.82 Å². The van der Waals surface area contributed by atoms with Gasteiger partial charge in [0.25, 0.3) is 0 Å². The van der Waals surface area contributed by atoms with Gasteiger partial charge in [0.05, 0.1) is 25.5 Å². The highest BCUT2D eigenvalue weighted by Crippen LogP contribution is 2.39. The molecule has 0 radical (unpaired) electrons. The number of nitrogen functional groups attached to an aromatic ring is 1. The average molecular weight is 277 g/mol. The van der Waals surface area contributed by atoms with E-state index in [2.05, 4.69) is 5.10 Å². The fourth-order valence-electron chi connectivity index (χ4n) is 1.89. The zero-order valence-corrected chi connectivity index (χ0v) is 11.4. The second kappa shape index (κ2) is 5.12. The van der Waals surface area contributed by atoms with Gasteiger partial charge in [0.15, 0.2) is 11.5 Å². The first-order valence-corrected chi connectivity index (χ1v) is 5.77. The molecule has 3 N–H and O–H groups in total. The van der Waals surface area contributed by atoms with Crippen LogP contribution in [0, 0.1) is 0 Å². The Kier molecular flexibility index (Phi) is 3.51. The summed E-state index contributed by atoms with van der Waals surface area (Å²) in [5.74, 6) is 0.139. The predicted octanol–water partition coefficient (Wildman–Crippen LogP) is 1.38. The number of carboxylic acid groups (broad SMARTS) is 1.